The summed E-state index contributed by atoms with van der Waals surface area (Å²) in [5.74, 6) is -0.686. The van der Waals surface area contributed by atoms with Crippen molar-refractivity contribution in [3.8, 4) is 0 Å². The lowest BCUT2D eigenvalue weighted by molar-refractivity contribution is -0.144. The second-order valence-corrected chi connectivity index (χ2v) is 3.80. The summed E-state index contributed by atoms with van der Waals surface area (Å²) >= 11 is 0. The fourth-order valence-electron chi connectivity index (χ4n) is 1.32. The van der Waals surface area contributed by atoms with E-state index >= 15 is 0 Å². The molecule has 1 aromatic rings. The SMILES string of the molecule is COC(=O)[C@H](C)NC(=O)Cc1ccc(C)nc1. The molecule has 0 fully saturated rings. The molecule has 1 rings (SSSR count). The van der Waals surface area contributed by atoms with Gasteiger partial charge in [0.25, 0.3) is 0 Å². The highest BCUT2D eigenvalue weighted by Crippen LogP contribution is 2.00. The summed E-state index contributed by atoms with van der Waals surface area (Å²) in [6, 6.07) is 3.04. The molecule has 1 aromatic heterocycles. The zero-order valence-corrected chi connectivity index (χ0v) is 10.2. The highest BCUT2D eigenvalue weighted by Gasteiger charge is 2.15. The van der Waals surface area contributed by atoms with Crippen molar-refractivity contribution in [3.05, 3.63) is 29.6 Å². The number of rotatable bonds is 4. The molecule has 0 aliphatic carbocycles. The van der Waals surface area contributed by atoms with Gasteiger partial charge in [-0.2, -0.15) is 0 Å². The van der Waals surface area contributed by atoms with Gasteiger partial charge in [0, 0.05) is 11.9 Å². The summed E-state index contributed by atoms with van der Waals surface area (Å²) in [7, 11) is 1.29. The van der Waals surface area contributed by atoms with Gasteiger partial charge in [-0.1, -0.05) is 6.07 Å². The van der Waals surface area contributed by atoms with Crippen LogP contribution >= 0.6 is 0 Å². The first kappa shape index (κ1) is 13.2. The Bertz CT molecular complexity index is 401. The molecule has 0 radical (unpaired) electrons. The van der Waals surface area contributed by atoms with Gasteiger partial charge in [-0.3, -0.25) is 9.78 Å². The van der Waals surface area contributed by atoms with Crippen molar-refractivity contribution in [2.45, 2.75) is 26.3 Å². The molecule has 0 aliphatic rings. The van der Waals surface area contributed by atoms with Gasteiger partial charge in [-0.05, 0) is 25.5 Å². The topological polar surface area (TPSA) is 68.3 Å². The summed E-state index contributed by atoms with van der Waals surface area (Å²) in [6.07, 6.45) is 1.85. The Morgan fingerprint density at radius 2 is 2.18 bits per heavy atom. The Morgan fingerprint density at radius 3 is 2.71 bits per heavy atom. The average molecular weight is 236 g/mol. The first-order valence-corrected chi connectivity index (χ1v) is 5.31. The molecule has 0 spiro atoms. The minimum atomic E-state index is -0.633. The van der Waals surface area contributed by atoms with Crippen molar-refractivity contribution in [2.24, 2.45) is 0 Å². The molecule has 0 bridgehead atoms. The van der Waals surface area contributed by atoms with Crippen LogP contribution in [0.4, 0.5) is 0 Å². The summed E-state index contributed by atoms with van der Waals surface area (Å²) in [6.45, 7) is 3.46. The van der Waals surface area contributed by atoms with Gasteiger partial charge in [0.05, 0.1) is 13.5 Å². The fourth-order valence-corrected chi connectivity index (χ4v) is 1.32. The number of nitrogens with one attached hydrogen (secondary N) is 1. The van der Waals surface area contributed by atoms with E-state index in [9.17, 15) is 9.59 Å². The lowest BCUT2D eigenvalue weighted by Crippen LogP contribution is -2.39. The third-order valence-corrected chi connectivity index (χ3v) is 2.27. The van der Waals surface area contributed by atoms with Crippen molar-refractivity contribution in [1.29, 1.82) is 0 Å². The van der Waals surface area contributed by atoms with Crippen molar-refractivity contribution < 1.29 is 14.3 Å². The zero-order chi connectivity index (χ0) is 12.8. The van der Waals surface area contributed by atoms with E-state index in [0.717, 1.165) is 11.3 Å². The molecule has 0 unspecified atom stereocenters. The van der Waals surface area contributed by atoms with Crippen LogP contribution in [0.3, 0.4) is 0 Å². The number of esters is 1. The molecule has 1 atom stereocenters. The Balaban J connectivity index is 2.50. The monoisotopic (exact) mass is 236 g/mol. The maximum absolute atomic E-state index is 11.6. The summed E-state index contributed by atoms with van der Waals surface area (Å²) in [5, 5.41) is 2.55. The molecule has 1 amide bonds. The number of methoxy groups -OCH3 is 1. The second kappa shape index (κ2) is 5.98. The first-order valence-electron chi connectivity index (χ1n) is 5.31. The van der Waals surface area contributed by atoms with Crippen LogP contribution in [-0.4, -0.2) is 30.0 Å². The largest absolute Gasteiger partial charge is 0.467 e. The zero-order valence-electron chi connectivity index (χ0n) is 10.2. The standard InChI is InChI=1S/C12H16N2O3/c1-8-4-5-10(7-13-8)6-11(15)14-9(2)12(16)17-3/h4-5,7,9H,6H2,1-3H3,(H,14,15)/t9-/m0/s1. The number of nitrogens with zero attached hydrogens (tertiary/aromatic N) is 1. The van der Waals surface area contributed by atoms with Crippen molar-refractivity contribution in [2.75, 3.05) is 7.11 Å². The number of aromatic nitrogens is 1. The molecular formula is C12H16N2O3. The summed E-state index contributed by atoms with van der Waals surface area (Å²) in [5.41, 5.74) is 1.71. The van der Waals surface area contributed by atoms with E-state index in [-0.39, 0.29) is 12.3 Å². The number of carbonyl (C=O) groups is 2. The molecule has 0 saturated carbocycles. The fraction of sp³-hybridized carbons (Fsp3) is 0.417. The summed E-state index contributed by atoms with van der Waals surface area (Å²) in [4.78, 5) is 26.8. The van der Waals surface area contributed by atoms with Crippen LogP contribution in [0, 0.1) is 6.92 Å². The van der Waals surface area contributed by atoms with Crippen LogP contribution in [0.15, 0.2) is 18.3 Å². The van der Waals surface area contributed by atoms with Crippen LogP contribution in [0.5, 0.6) is 0 Å². The van der Waals surface area contributed by atoms with Crippen LogP contribution in [0.2, 0.25) is 0 Å². The number of amides is 1. The molecule has 0 saturated heterocycles. The van der Waals surface area contributed by atoms with E-state index in [1.54, 1.807) is 13.1 Å². The van der Waals surface area contributed by atoms with Crippen LogP contribution in [-0.2, 0) is 20.7 Å². The van der Waals surface area contributed by atoms with Crippen LogP contribution in [0.25, 0.3) is 0 Å². The Labute approximate surface area is 100 Å². The normalized spacial score (nSPS) is 11.7. The molecule has 5 heteroatoms. The van der Waals surface area contributed by atoms with Gasteiger partial charge in [0.2, 0.25) is 5.91 Å². The molecule has 17 heavy (non-hydrogen) atoms. The Kier molecular flexibility index (Phi) is 4.63. The third kappa shape index (κ3) is 4.22. The molecule has 0 aromatic carbocycles. The van der Waals surface area contributed by atoms with Crippen LogP contribution in [0.1, 0.15) is 18.2 Å². The lowest BCUT2D eigenvalue weighted by atomic mass is 10.2. The predicted octanol–water partition coefficient (Wildman–Crippen LogP) is 0.610. The first-order chi connectivity index (χ1) is 8.02. The van der Waals surface area contributed by atoms with E-state index in [2.05, 4.69) is 15.0 Å². The number of carbonyl (C=O) groups excluding carboxylic acids is 2. The maximum Gasteiger partial charge on any atom is 0.328 e. The number of aryl methyl sites for hydroxylation is 1. The van der Waals surface area contributed by atoms with Gasteiger partial charge in [0.15, 0.2) is 0 Å². The number of pyridine rings is 1. The molecule has 1 heterocycles. The lowest BCUT2D eigenvalue weighted by Gasteiger charge is -2.11. The van der Waals surface area contributed by atoms with E-state index in [1.165, 1.54) is 7.11 Å². The van der Waals surface area contributed by atoms with E-state index in [1.807, 2.05) is 19.1 Å². The molecule has 5 nitrogen and oxygen atoms in total. The number of hydrogen-bond acceptors (Lipinski definition) is 4. The maximum atomic E-state index is 11.6. The minimum Gasteiger partial charge on any atom is -0.467 e. The quantitative estimate of drug-likeness (QED) is 0.778. The third-order valence-electron chi connectivity index (χ3n) is 2.27. The summed E-state index contributed by atoms with van der Waals surface area (Å²) < 4.78 is 4.51. The van der Waals surface area contributed by atoms with E-state index < -0.39 is 12.0 Å². The van der Waals surface area contributed by atoms with Crippen molar-refractivity contribution in [3.63, 3.8) is 0 Å². The van der Waals surface area contributed by atoms with Crippen molar-refractivity contribution >= 4 is 11.9 Å². The average Bonchev–Trinajstić information content (AvgIpc) is 2.30. The van der Waals surface area contributed by atoms with Gasteiger partial charge in [-0.15, -0.1) is 0 Å². The molecular weight excluding hydrogens is 220 g/mol. The second-order valence-electron chi connectivity index (χ2n) is 3.80. The van der Waals surface area contributed by atoms with E-state index in [4.69, 9.17) is 0 Å². The van der Waals surface area contributed by atoms with Gasteiger partial charge < -0.3 is 10.1 Å². The molecule has 1 N–H and O–H groups in total. The number of hydrogen-bond donors (Lipinski definition) is 1. The smallest absolute Gasteiger partial charge is 0.328 e. The highest BCUT2D eigenvalue weighted by molar-refractivity contribution is 5.85. The van der Waals surface area contributed by atoms with Gasteiger partial charge in [0.1, 0.15) is 6.04 Å². The highest BCUT2D eigenvalue weighted by atomic mass is 16.5. The van der Waals surface area contributed by atoms with Gasteiger partial charge >= 0.3 is 5.97 Å². The van der Waals surface area contributed by atoms with Crippen molar-refractivity contribution in [1.82, 2.24) is 10.3 Å². The van der Waals surface area contributed by atoms with Crippen LogP contribution < -0.4 is 5.32 Å². The molecule has 0 aliphatic heterocycles. The Hall–Kier alpha value is -1.91. The predicted molar refractivity (Wildman–Crippen MR) is 62.3 cm³/mol. The van der Waals surface area contributed by atoms with E-state index in [0.29, 0.717) is 0 Å². The molecule has 92 valence electrons. The number of ether oxygens (including phenoxy) is 1. The Morgan fingerprint density at radius 1 is 1.47 bits per heavy atom. The van der Waals surface area contributed by atoms with Gasteiger partial charge in [-0.25, -0.2) is 4.79 Å². The minimum absolute atomic E-state index is 0.203.